The van der Waals surface area contributed by atoms with Gasteiger partial charge in [-0.2, -0.15) is 0 Å². The van der Waals surface area contributed by atoms with Crippen LogP contribution in [0.4, 0.5) is 0 Å². The second kappa shape index (κ2) is 3.95. The van der Waals surface area contributed by atoms with Crippen molar-refractivity contribution in [3.8, 4) is 0 Å². The maximum atomic E-state index is 11.9. The molecule has 1 aromatic carbocycles. The Kier molecular flexibility index (Phi) is 2.54. The van der Waals surface area contributed by atoms with Crippen LogP contribution in [0.15, 0.2) is 28.7 Å². The normalized spacial score (nSPS) is 24.5. The van der Waals surface area contributed by atoms with Crippen LogP contribution in [-0.4, -0.2) is 22.6 Å². The molecule has 1 unspecified atom stereocenters. The molecule has 17 heavy (non-hydrogen) atoms. The molecule has 1 amide bonds. The number of ketones is 1. The summed E-state index contributed by atoms with van der Waals surface area (Å²) in [5.74, 6) is 0.0228. The highest BCUT2D eigenvalue weighted by Crippen LogP contribution is 2.39. The first kappa shape index (κ1) is 11.0. The third kappa shape index (κ3) is 1.90. The molecule has 3 nitrogen and oxygen atoms in total. The Morgan fingerprint density at radius 2 is 1.76 bits per heavy atom. The Bertz CT molecular complexity index is 479. The zero-order chi connectivity index (χ0) is 12.0. The molecule has 0 N–H and O–H groups in total. The third-order valence-electron chi connectivity index (χ3n) is 3.32. The number of hydrogen-bond acceptors (Lipinski definition) is 2. The summed E-state index contributed by atoms with van der Waals surface area (Å²) in [7, 11) is 0. The van der Waals surface area contributed by atoms with E-state index in [2.05, 4.69) is 15.9 Å². The predicted octanol–water partition coefficient (Wildman–Crippen LogP) is 2.45. The molecule has 0 bridgehead atoms. The van der Waals surface area contributed by atoms with Gasteiger partial charge in [0.1, 0.15) is 6.04 Å². The first-order valence-corrected chi connectivity index (χ1v) is 6.55. The molecule has 1 saturated heterocycles. The average molecular weight is 294 g/mol. The fourth-order valence-corrected chi connectivity index (χ4v) is 2.66. The van der Waals surface area contributed by atoms with E-state index in [0.717, 1.165) is 22.9 Å². The van der Waals surface area contributed by atoms with E-state index < -0.39 is 0 Å². The number of likely N-dealkylation sites (tertiary alicyclic amines) is 1. The Labute approximate surface area is 108 Å². The van der Waals surface area contributed by atoms with E-state index in [4.69, 9.17) is 0 Å². The number of hydrogen-bond donors (Lipinski definition) is 0. The minimum absolute atomic E-state index is 0.00887. The number of carbonyl (C=O) groups is 2. The molecule has 2 aliphatic rings. The lowest BCUT2D eigenvalue weighted by Gasteiger charge is -2.23. The van der Waals surface area contributed by atoms with Crippen molar-refractivity contribution in [1.29, 1.82) is 0 Å². The molecule has 3 rings (SSSR count). The quantitative estimate of drug-likeness (QED) is 0.786. The summed E-state index contributed by atoms with van der Waals surface area (Å²) in [4.78, 5) is 25.5. The second-order valence-electron chi connectivity index (χ2n) is 4.63. The molecule has 0 aromatic heterocycles. The highest BCUT2D eigenvalue weighted by Gasteiger charge is 2.46. The summed E-state index contributed by atoms with van der Waals surface area (Å²) in [6.07, 6.45) is 2.13. The highest BCUT2D eigenvalue weighted by molar-refractivity contribution is 9.10. The smallest absolute Gasteiger partial charge is 0.231 e. The summed E-state index contributed by atoms with van der Waals surface area (Å²) in [5.41, 5.74) is 0.927. The van der Waals surface area contributed by atoms with E-state index in [1.165, 1.54) is 0 Å². The predicted molar refractivity (Wildman–Crippen MR) is 66.4 cm³/mol. The molecular formula is C13H12BrNO2. The van der Waals surface area contributed by atoms with Crippen LogP contribution in [0.25, 0.3) is 0 Å². The van der Waals surface area contributed by atoms with E-state index in [-0.39, 0.29) is 24.2 Å². The number of nitrogens with zero attached hydrogens (tertiary/aromatic N) is 1. The van der Waals surface area contributed by atoms with Crippen LogP contribution < -0.4 is 0 Å². The lowest BCUT2D eigenvalue weighted by Crippen LogP contribution is -2.31. The second-order valence-corrected chi connectivity index (χ2v) is 5.55. The van der Waals surface area contributed by atoms with Crippen molar-refractivity contribution in [2.45, 2.75) is 31.3 Å². The van der Waals surface area contributed by atoms with E-state index in [1.54, 1.807) is 4.90 Å². The SMILES string of the molecule is O=C1CC(=O)N(C2CC2)C1c1ccc(Br)cc1. The fourth-order valence-electron chi connectivity index (χ4n) is 2.39. The van der Waals surface area contributed by atoms with Crippen molar-refractivity contribution < 1.29 is 9.59 Å². The Morgan fingerprint density at radius 1 is 1.12 bits per heavy atom. The number of rotatable bonds is 2. The van der Waals surface area contributed by atoms with Crippen LogP contribution in [0.1, 0.15) is 30.9 Å². The standard InChI is InChI=1S/C13H12BrNO2/c14-9-3-1-8(2-4-9)13-11(16)7-12(17)15(13)10-5-6-10/h1-4,10,13H,5-7H2. The molecule has 1 aliphatic heterocycles. The zero-order valence-corrected chi connectivity index (χ0v) is 10.8. The molecule has 1 saturated carbocycles. The van der Waals surface area contributed by atoms with Crippen LogP contribution in [0, 0.1) is 0 Å². The van der Waals surface area contributed by atoms with Crippen molar-refractivity contribution >= 4 is 27.6 Å². The lowest BCUT2D eigenvalue weighted by molar-refractivity contribution is -0.129. The fraction of sp³-hybridized carbons (Fsp3) is 0.385. The number of halogens is 1. The summed E-state index contributed by atoms with van der Waals surface area (Å²) in [6, 6.07) is 7.61. The first-order chi connectivity index (χ1) is 8.16. The van der Waals surface area contributed by atoms with Crippen LogP contribution in [0.5, 0.6) is 0 Å². The molecule has 1 aromatic rings. The Hall–Kier alpha value is -1.16. The van der Waals surface area contributed by atoms with E-state index >= 15 is 0 Å². The van der Waals surface area contributed by atoms with Crippen molar-refractivity contribution in [2.75, 3.05) is 0 Å². The molecule has 0 radical (unpaired) electrons. The third-order valence-corrected chi connectivity index (χ3v) is 3.85. The first-order valence-electron chi connectivity index (χ1n) is 5.76. The van der Waals surface area contributed by atoms with Crippen LogP contribution in [-0.2, 0) is 9.59 Å². The van der Waals surface area contributed by atoms with Gasteiger partial charge in [0.2, 0.25) is 5.91 Å². The number of Topliss-reactive ketones (excluding diaryl/α,β-unsaturated/α-hetero) is 1. The number of amides is 1. The summed E-state index contributed by atoms with van der Waals surface area (Å²) in [6.45, 7) is 0. The van der Waals surface area contributed by atoms with Gasteiger partial charge in [-0.1, -0.05) is 28.1 Å². The lowest BCUT2D eigenvalue weighted by atomic mass is 10.0. The van der Waals surface area contributed by atoms with Gasteiger partial charge in [-0.15, -0.1) is 0 Å². The van der Waals surface area contributed by atoms with Crippen LogP contribution >= 0.6 is 15.9 Å². The van der Waals surface area contributed by atoms with Gasteiger partial charge >= 0.3 is 0 Å². The van der Waals surface area contributed by atoms with Gasteiger partial charge in [0.15, 0.2) is 5.78 Å². The summed E-state index contributed by atoms with van der Waals surface area (Å²) < 4.78 is 0.982. The van der Waals surface area contributed by atoms with Crippen molar-refractivity contribution in [1.82, 2.24) is 4.90 Å². The minimum atomic E-state index is -0.344. The van der Waals surface area contributed by atoms with Crippen LogP contribution in [0.2, 0.25) is 0 Å². The number of benzene rings is 1. The molecular weight excluding hydrogens is 282 g/mol. The largest absolute Gasteiger partial charge is 0.325 e. The van der Waals surface area contributed by atoms with Gasteiger partial charge in [0.25, 0.3) is 0 Å². The Morgan fingerprint density at radius 3 is 2.35 bits per heavy atom. The molecule has 1 heterocycles. The van der Waals surface area contributed by atoms with Gasteiger partial charge in [-0.3, -0.25) is 9.59 Å². The molecule has 0 spiro atoms. The minimum Gasteiger partial charge on any atom is -0.325 e. The maximum Gasteiger partial charge on any atom is 0.231 e. The molecule has 4 heteroatoms. The monoisotopic (exact) mass is 293 g/mol. The highest BCUT2D eigenvalue weighted by atomic mass is 79.9. The maximum absolute atomic E-state index is 11.9. The zero-order valence-electron chi connectivity index (χ0n) is 9.23. The topological polar surface area (TPSA) is 37.4 Å². The molecule has 1 aliphatic carbocycles. The molecule has 88 valence electrons. The van der Waals surface area contributed by atoms with Crippen molar-refractivity contribution in [3.05, 3.63) is 34.3 Å². The van der Waals surface area contributed by atoms with E-state index in [1.807, 2.05) is 24.3 Å². The van der Waals surface area contributed by atoms with Gasteiger partial charge in [-0.25, -0.2) is 0 Å². The van der Waals surface area contributed by atoms with Crippen LogP contribution in [0.3, 0.4) is 0 Å². The summed E-state index contributed by atoms with van der Waals surface area (Å²) >= 11 is 3.37. The average Bonchev–Trinajstić information content (AvgIpc) is 3.07. The van der Waals surface area contributed by atoms with E-state index in [9.17, 15) is 9.59 Å². The van der Waals surface area contributed by atoms with E-state index in [0.29, 0.717) is 6.04 Å². The number of carbonyl (C=O) groups excluding carboxylic acids is 2. The summed E-state index contributed by atoms with van der Waals surface area (Å²) in [5, 5.41) is 0. The van der Waals surface area contributed by atoms with Gasteiger partial charge in [-0.05, 0) is 30.5 Å². The molecule has 1 atom stereocenters. The van der Waals surface area contributed by atoms with Crippen molar-refractivity contribution in [3.63, 3.8) is 0 Å². The van der Waals surface area contributed by atoms with Gasteiger partial charge in [0, 0.05) is 10.5 Å². The van der Waals surface area contributed by atoms with Gasteiger partial charge in [0.05, 0.1) is 6.42 Å². The van der Waals surface area contributed by atoms with Crippen molar-refractivity contribution in [2.24, 2.45) is 0 Å². The van der Waals surface area contributed by atoms with Gasteiger partial charge < -0.3 is 4.90 Å². The molecule has 2 fully saturated rings. The Balaban J connectivity index is 1.96.